The number of hydrogen-bond donors (Lipinski definition) is 1. The number of nitrogens with one attached hydrogen (secondary N) is 1. The van der Waals surface area contributed by atoms with Gasteiger partial charge in [-0.15, -0.1) is 0 Å². The Morgan fingerprint density at radius 3 is 2.32 bits per heavy atom. The maximum Gasteiger partial charge on any atom is 0.407 e. The first kappa shape index (κ1) is 24.9. The molecule has 0 aromatic rings. The Kier molecular flexibility index (Phi) is 5.97. The lowest BCUT2D eigenvalue weighted by Gasteiger charge is -2.67. The van der Waals surface area contributed by atoms with E-state index in [1.165, 1.54) is 57.8 Å². The van der Waals surface area contributed by atoms with Crippen LogP contribution in [0.4, 0.5) is 4.79 Å². The van der Waals surface area contributed by atoms with Crippen molar-refractivity contribution in [3.63, 3.8) is 0 Å². The number of amides is 1. The van der Waals surface area contributed by atoms with Crippen molar-refractivity contribution in [1.29, 1.82) is 0 Å². The second-order valence-electron chi connectivity index (χ2n) is 15.3. The van der Waals surface area contributed by atoms with Crippen LogP contribution in [0.1, 0.15) is 120 Å². The first-order valence-electron chi connectivity index (χ1n) is 14.8. The summed E-state index contributed by atoms with van der Waals surface area (Å²) in [5.41, 5.74) is 1.32. The summed E-state index contributed by atoms with van der Waals surface area (Å²) >= 11 is 0. The lowest BCUT2D eigenvalue weighted by Crippen LogP contribution is -2.64. The van der Waals surface area contributed by atoms with Gasteiger partial charge in [0.2, 0.25) is 0 Å². The third-order valence-electron chi connectivity index (χ3n) is 13.1. The minimum Gasteiger partial charge on any atom is -0.443 e. The molecule has 10 atom stereocenters. The van der Waals surface area contributed by atoms with E-state index in [1.807, 2.05) is 0 Å². The Labute approximate surface area is 209 Å². The predicted octanol–water partition coefficient (Wildman–Crippen LogP) is 8.22. The summed E-state index contributed by atoms with van der Waals surface area (Å²) in [6.45, 7) is 20.1. The van der Waals surface area contributed by atoms with Crippen LogP contribution in [0.3, 0.4) is 0 Å². The van der Waals surface area contributed by atoms with Crippen molar-refractivity contribution < 1.29 is 9.53 Å². The molecule has 3 heteroatoms. The van der Waals surface area contributed by atoms with E-state index in [9.17, 15) is 4.79 Å². The Morgan fingerprint density at radius 2 is 1.62 bits per heavy atom. The van der Waals surface area contributed by atoms with E-state index >= 15 is 0 Å². The summed E-state index contributed by atoms with van der Waals surface area (Å²) in [5.74, 6) is 4.86. The third kappa shape index (κ3) is 3.37. The van der Waals surface area contributed by atoms with E-state index in [4.69, 9.17) is 4.74 Å². The molecular formula is C31H53NO2. The largest absolute Gasteiger partial charge is 0.443 e. The Balaban J connectivity index is 1.39. The van der Waals surface area contributed by atoms with Crippen LogP contribution >= 0.6 is 0 Å². The standard InChI is InChI=1S/C31H53NO2/c1-19(2)10-9-11-20(3)21-14-16-31(8)23-12-13-25-28(4,5)26-24(32-27(33)34-26)18-29(25,6)22(23)15-17-30(21,31)7/h19-26H,9-18H2,1-8H3,(H,32,33)/t20-,21-,22+,23-,24?,25+,26+,29-,30-,31+/m1/s1. The van der Waals surface area contributed by atoms with Gasteiger partial charge in [0, 0.05) is 5.41 Å². The average Bonchev–Trinajstić information content (AvgIpc) is 3.24. The van der Waals surface area contributed by atoms with Crippen molar-refractivity contribution in [3.05, 3.63) is 0 Å². The van der Waals surface area contributed by atoms with Gasteiger partial charge >= 0.3 is 6.09 Å². The molecule has 0 aromatic heterocycles. The summed E-state index contributed by atoms with van der Waals surface area (Å²) in [6.07, 6.45) is 13.5. The van der Waals surface area contributed by atoms with Gasteiger partial charge in [0.25, 0.3) is 0 Å². The number of hydrogen-bond acceptors (Lipinski definition) is 2. The maximum absolute atomic E-state index is 12.2. The van der Waals surface area contributed by atoms with Gasteiger partial charge in [-0.1, -0.05) is 74.7 Å². The van der Waals surface area contributed by atoms with Crippen LogP contribution < -0.4 is 5.32 Å². The number of fused-ring (bicyclic) bond motifs is 6. The highest BCUT2D eigenvalue weighted by atomic mass is 16.6. The van der Waals surface area contributed by atoms with Crippen molar-refractivity contribution in [2.45, 2.75) is 132 Å². The molecule has 1 saturated heterocycles. The Bertz CT molecular complexity index is 805. The van der Waals surface area contributed by atoms with Crippen molar-refractivity contribution in [2.24, 2.45) is 57.2 Å². The van der Waals surface area contributed by atoms with Gasteiger partial charge in [0.1, 0.15) is 6.10 Å². The highest BCUT2D eigenvalue weighted by Crippen LogP contribution is 2.75. The topological polar surface area (TPSA) is 38.3 Å². The van der Waals surface area contributed by atoms with Crippen LogP contribution in [0.2, 0.25) is 0 Å². The fraction of sp³-hybridized carbons (Fsp3) is 0.968. The van der Waals surface area contributed by atoms with Gasteiger partial charge in [-0.05, 0) is 96.7 Å². The summed E-state index contributed by atoms with van der Waals surface area (Å²) in [6, 6.07) is 0.195. The van der Waals surface area contributed by atoms with Crippen LogP contribution in [0.5, 0.6) is 0 Å². The van der Waals surface area contributed by atoms with E-state index in [2.05, 4.69) is 60.7 Å². The zero-order valence-electron chi connectivity index (χ0n) is 23.5. The highest BCUT2D eigenvalue weighted by molar-refractivity contribution is 5.70. The van der Waals surface area contributed by atoms with E-state index in [0.717, 1.165) is 36.0 Å². The fourth-order valence-electron chi connectivity index (χ4n) is 11.3. The van der Waals surface area contributed by atoms with Crippen molar-refractivity contribution in [1.82, 2.24) is 5.32 Å². The van der Waals surface area contributed by atoms with E-state index < -0.39 is 0 Å². The molecule has 0 spiro atoms. The molecule has 1 unspecified atom stereocenters. The van der Waals surface area contributed by atoms with Crippen molar-refractivity contribution in [3.8, 4) is 0 Å². The first-order chi connectivity index (χ1) is 15.8. The molecule has 4 aliphatic carbocycles. The van der Waals surface area contributed by atoms with Gasteiger partial charge < -0.3 is 10.1 Å². The third-order valence-corrected chi connectivity index (χ3v) is 13.1. The molecule has 1 amide bonds. The molecule has 0 aromatic carbocycles. The second kappa shape index (κ2) is 8.14. The molecular weight excluding hydrogens is 418 g/mol. The summed E-state index contributed by atoms with van der Waals surface area (Å²) in [5, 5.41) is 3.22. The van der Waals surface area contributed by atoms with Gasteiger partial charge in [-0.2, -0.15) is 0 Å². The SMILES string of the molecule is CC(C)CCC[C@@H](C)[C@H]1CC[C@@]2(C)[C@@H]3CC[C@H]4C(C)(C)[C@H]5OC(=O)NC5C[C@]4(C)[C@H]3CC[C@]12C. The maximum atomic E-state index is 12.2. The van der Waals surface area contributed by atoms with Crippen LogP contribution in [-0.4, -0.2) is 18.2 Å². The molecule has 5 fully saturated rings. The molecule has 194 valence electrons. The smallest absolute Gasteiger partial charge is 0.407 e. The van der Waals surface area contributed by atoms with Crippen LogP contribution in [-0.2, 0) is 4.74 Å². The van der Waals surface area contributed by atoms with Crippen molar-refractivity contribution in [2.75, 3.05) is 0 Å². The molecule has 0 radical (unpaired) electrons. The van der Waals surface area contributed by atoms with E-state index in [-0.39, 0.29) is 23.7 Å². The average molecular weight is 472 g/mol. The van der Waals surface area contributed by atoms with Gasteiger partial charge in [-0.25, -0.2) is 4.79 Å². The number of ether oxygens (including phenoxy) is 1. The van der Waals surface area contributed by atoms with E-state index in [1.54, 1.807) is 0 Å². The predicted molar refractivity (Wildman–Crippen MR) is 139 cm³/mol. The van der Waals surface area contributed by atoms with Gasteiger partial charge in [0.05, 0.1) is 6.04 Å². The Hall–Kier alpha value is -0.730. The van der Waals surface area contributed by atoms with Crippen LogP contribution in [0.25, 0.3) is 0 Å². The zero-order chi connectivity index (χ0) is 24.7. The molecule has 34 heavy (non-hydrogen) atoms. The number of rotatable bonds is 5. The molecule has 5 rings (SSSR count). The molecule has 4 saturated carbocycles. The molecule has 0 bridgehead atoms. The zero-order valence-corrected chi connectivity index (χ0v) is 23.5. The van der Waals surface area contributed by atoms with Crippen LogP contribution in [0, 0.1) is 57.2 Å². The van der Waals surface area contributed by atoms with E-state index in [0.29, 0.717) is 22.2 Å². The molecule has 1 heterocycles. The Morgan fingerprint density at radius 1 is 0.912 bits per heavy atom. The number of carbonyl (C=O) groups excluding carboxylic acids is 1. The number of alkyl carbamates (subject to hydrolysis) is 1. The molecule has 3 nitrogen and oxygen atoms in total. The fourth-order valence-corrected chi connectivity index (χ4v) is 11.3. The normalized spacial score (nSPS) is 50.0. The van der Waals surface area contributed by atoms with Gasteiger partial charge in [-0.3, -0.25) is 0 Å². The summed E-state index contributed by atoms with van der Waals surface area (Å²) in [4.78, 5) is 12.2. The lowest BCUT2D eigenvalue weighted by atomic mass is 9.37. The molecule has 1 N–H and O–H groups in total. The molecule has 5 aliphatic rings. The molecule has 1 aliphatic heterocycles. The van der Waals surface area contributed by atoms with Crippen LogP contribution in [0.15, 0.2) is 0 Å². The lowest BCUT2D eigenvalue weighted by molar-refractivity contribution is -0.199. The van der Waals surface area contributed by atoms with Crippen molar-refractivity contribution >= 4 is 6.09 Å². The summed E-state index contributed by atoms with van der Waals surface area (Å²) in [7, 11) is 0. The second-order valence-corrected chi connectivity index (χ2v) is 15.3. The monoisotopic (exact) mass is 471 g/mol. The van der Waals surface area contributed by atoms with Gasteiger partial charge in [0.15, 0.2) is 0 Å². The minimum atomic E-state index is -0.185. The quantitative estimate of drug-likeness (QED) is 0.438. The highest BCUT2D eigenvalue weighted by Gasteiger charge is 2.69. The summed E-state index contributed by atoms with van der Waals surface area (Å²) < 4.78 is 5.85. The minimum absolute atomic E-state index is 0.0432. The number of carbonyl (C=O) groups is 1. The first-order valence-corrected chi connectivity index (χ1v) is 14.8.